The highest BCUT2D eigenvalue weighted by molar-refractivity contribution is 6.30. The van der Waals surface area contributed by atoms with E-state index < -0.39 is 0 Å². The zero-order chi connectivity index (χ0) is 14.1. The smallest absolute Gasteiger partial charge is 0.146 e. The Balaban J connectivity index is 1.93. The Hall–Kier alpha value is -1.58. The van der Waals surface area contributed by atoms with Crippen molar-refractivity contribution >= 4 is 17.3 Å². The number of anilines is 1. The molecule has 0 fully saturated rings. The molecule has 1 unspecified atom stereocenters. The van der Waals surface area contributed by atoms with E-state index in [4.69, 9.17) is 17.3 Å². The highest BCUT2D eigenvalue weighted by Crippen LogP contribution is 2.29. The van der Waals surface area contributed by atoms with Gasteiger partial charge >= 0.3 is 0 Å². The molecular weight excluding hydrogens is 275 g/mol. The van der Waals surface area contributed by atoms with Crippen LogP contribution in [0.25, 0.3) is 0 Å². The van der Waals surface area contributed by atoms with Gasteiger partial charge in [-0.25, -0.2) is 4.39 Å². The molecule has 104 valence electrons. The third-order valence-corrected chi connectivity index (χ3v) is 3.95. The molecule has 0 amide bonds. The molecule has 1 atom stereocenters. The molecule has 2 nitrogen and oxygen atoms in total. The number of halogens is 2. The summed E-state index contributed by atoms with van der Waals surface area (Å²) in [5, 5.41) is 0.164. The lowest BCUT2D eigenvalue weighted by Crippen LogP contribution is -2.43. The second-order valence-corrected chi connectivity index (χ2v) is 5.59. The summed E-state index contributed by atoms with van der Waals surface area (Å²) in [4.78, 5) is 2.12. The number of nitrogens with zero attached hydrogens (tertiary/aromatic N) is 1. The molecule has 4 heteroatoms. The van der Waals surface area contributed by atoms with E-state index in [9.17, 15) is 4.39 Å². The number of benzene rings is 2. The van der Waals surface area contributed by atoms with E-state index in [2.05, 4.69) is 17.0 Å². The van der Waals surface area contributed by atoms with Crippen molar-refractivity contribution in [2.45, 2.75) is 19.0 Å². The van der Waals surface area contributed by atoms with E-state index in [0.717, 1.165) is 18.7 Å². The fraction of sp³-hybridized carbons (Fsp3) is 0.250. The lowest BCUT2D eigenvalue weighted by atomic mass is 9.98. The summed E-state index contributed by atoms with van der Waals surface area (Å²) in [6.45, 7) is 1.21. The summed E-state index contributed by atoms with van der Waals surface area (Å²) in [6, 6.07) is 13.3. The maximum Gasteiger partial charge on any atom is 0.146 e. The molecule has 0 saturated carbocycles. The zero-order valence-corrected chi connectivity index (χ0v) is 11.8. The van der Waals surface area contributed by atoms with Crippen molar-refractivity contribution in [3.05, 3.63) is 64.4 Å². The fourth-order valence-corrected chi connectivity index (χ4v) is 2.94. The van der Waals surface area contributed by atoms with Gasteiger partial charge in [0, 0.05) is 30.4 Å². The molecule has 2 aromatic rings. The van der Waals surface area contributed by atoms with Gasteiger partial charge in [-0.3, -0.25) is 0 Å². The zero-order valence-electron chi connectivity index (χ0n) is 11.0. The van der Waals surface area contributed by atoms with Gasteiger partial charge in [0.05, 0.1) is 5.02 Å². The number of nitrogens with two attached hydrogens (primary N) is 1. The number of hydrogen-bond acceptors (Lipinski definition) is 2. The van der Waals surface area contributed by atoms with Crippen LogP contribution in [0.1, 0.15) is 11.1 Å². The molecule has 2 aromatic carbocycles. The van der Waals surface area contributed by atoms with Crippen molar-refractivity contribution in [3.8, 4) is 0 Å². The number of hydrogen-bond donors (Lipinski definition) is 1. The van der Waals surface area contributed by atoms with Crippen molar-refractivity contribution < 1.29 is 4.39 Å². The molecule has 0 radical (unpaired) electrons. The average Bonchev–Trinajstić information content (AvgIpc) is 2.43. The van der Waals surface area contributed by atoms with Crippen LogP contribution in [-0.2, 0) is 13.0 Å². The summed E-state index contributed by atoms with van der Waals surface area (Å²) in [5.74, 6) is -0.342. The Bertz CT molecular complexity index is 630. The van der Waals surface area contributed by atoms with Crippen LogP contribution in [0.2, 0.25) is 5.02 Å². The highest BCUT2D eigenvalue weighted by atomic mass is 35.5. The van der Waals surface area contributed by atoms with Crippen molar-refractivity contribution in [2.24, 2.45) is 5.73 Å². The minimum atomic E-state index is -0.342. The van der Waals surface area contributed by atoms with E-state index in [1.165, 1.54) is 5.56 Å². The molecule has 1 aliphatic heterocycles. The maximum atomic E-state index is 14.0. The Morgan fingerprint density at radius 1 is 1.20 bits per heavy atom. The fourth-order valence-electron chi connectivity index (χ4n) is 2.75. The topological polar surface area (TPSA) is 29.3 Å². The van der Waals surface area contributed by atoms with Gasteiger partial charge in [0.25, 0.3) is 0 Å². The predicted molar refractivity (Wildman–Crippen MR) is 80.6 cm³/mol. The van der Waals surface area contributed by atoms with Gasteiger partial charge in [0.15, 0.2) is 0 Å². The van der Waals surface area contributed by atoms with Crippen LogP contribution in [0.4, 0.5) is 10.1 Å². The van der Waals surface area contributed by atoms with Gasteiger partial charge in [0.2, 0.25) is 0 Å². The maximum absolute atomic E-state index is 14.0. The van der Waals surface area contributed by atoms with Gasteiger partial charge in [0.1, 0.15) is 5.82 Å². The number of fused-ring (bicyclic) bond motifs is 1. The first kappa shape index (κ1) is 13.4. The SMILES string of the molecule is NC1Cc2ccccc2N(Cc2cccc(Cl)c2F)C1. The van der Waals surface area contributed by atoms with Crippen molar-refractivity contribution in [2.75, 3.05) is 11.4 Å². The van der Waals surface area contributed by atoms with Gasteiger partial charge in [-0.2, -0.15) is 0 Å². The van der Waals surface area contributed by atoms with Crippen LogP contribution in [0.3, 0.4) is 0 Å². The standard InChI is InChI=1S/C16H16ClFN2/c17-14-6-3-5-12(16(14)18)9-20-10-13(19)8-11-4-1-2-7-15(11)20/h1-7,13H,8-10,19H2. The summed E-state index contributed by atoms with van der Waals surface area (Å²) >= 11 is 5.84. The van der Waals surface area contributed by atoms with Crippen LogP contribution in [-0.4, -0.2) is 12.6 Å². The van der Waals surface area contributed by atoms with E-state index in [-0.39, 0.29) is 16.9 Å². The van der Waals surface area contributed by atoms with E-state index in [1.807, 2.05) is 12.1 Å². The summed E-state index contributed by atoms with van der Waals surface area (Å²) in [5.41, 5.74) is 9.05. The lowest BCUT2D eigenvalue weighted by molar-refractivity contribution is 0.574. The first-order valence-corrected chi connectivity index (χ1v) is 7.04. The summed E-state index contributed by atoms with van der Waals surface area (Å²) in [7, 11) is 0. The molecule has 0 aromatic heterocycles. The Morgan fingerprint density at radius 2 is 2.00 bits per heavy atom. The van der Waals surface area contributed by atoms with Crippen molar-refractivity contribution in [3.63, 3.8) is 0 Å². The normalized spacial score (nSPS) is 17.9. The van der Waals surface area contributed by atoms with E-state index >= 15 is 0 Å². The second-order valence-electron chi connectivity index (χ2n) is 5.19. The van der Waals surface area contributed by atoms with Crippen LogP contribution in [0.5, 0.6) is 0 Å². The molecule has 20 heavy (non-hydrogen) atoms. The minimum absolute atomic E-state index is 0.0761. The highest BCUT2D eigenvalue weighted by Gasteiger charge is 2.22. The molecule has 3 rings (SSSR count). The van der Waals surface area contributed by atoms with Gasteiger partial charge < -0.3 is 10.6 Å². The molecule has 0 aliphatic carbocycles. The monoisotopic (exact) mass is 290 g/mol. The third kappa shape index (κ3) is 2.51. The first-order valence-electron chi connectivity index (χ1n) is 6.66. The predicted octanol–water partition coefficient (Wildman–Crippen LogP) is 3.37. The van der Waals surface area contributed by atoms with Crippen LogP contribution < -0.4 is 10.6 Å². The molecule has 1 heterocycles. The van der Waals surface area contributed by atoms with Crippen LogP contribution in [0, 0.1) is 5.82 Å². The summed E-state index contributed by atoms with van der Waals surface area (Å²) < 4.78 is 14.0. The van der Waals surface area contributed by atoms with E-state index in [0.29, 0.717) is 12.1 Å². The molecular formula is C16H16ClFN2. The van der Waals surface area contributed by atoms with Crippen molar-refractivity contribution in [1.29, 1.82) is 0 Å². The number of para-hydroxylation sites is 1. The largest absolute Gasteiger partial charge is 0.365 e. The van der Waals surface area contributed by atoms with Gasteiger partial charge in [-0.15, -0.1) is 0 Å². The van der Waals surface area contributed by atoms with E-state index in [1.54, 1.807) is 18.2 Å². The van der Waals surface area contributed by atoms with Gasteiger partial charge in [-0.05, 0) is 24.1 Å². The minimum Gasteiger partial charge on any atom is -0.365 e. The molecule has 1 aliphatic rings. The quantitative estimate of drug-likeness (QED) is 0.919. The first-order chi connectivity index (χ1) is 9.65. The Morgan fingerprint density at radius 3 is 2.85 bits per heavy atom. The van der Waals surface area contributed by atoms with Crippen LogP contribution >= 0.6 is 11.6 Å². The third-order valence-electron chi connectivity index (χ3n) is 3.66. The molecule has 0 spiro atoms. The lowest BCUT2D eigenvalue weighted by Gasteiger charge is -2.34. The summed E-state index contributed by atoms with van der Waals surface area (Å²) in [6.07, 6.45) is 0.866. The molecule has 2 N–H and O–H groups in total. The number of rotatable bonds is 2. The van der Waals surface area contributed by atoms with Crippen molar-refractivity contribution in [1.82, 2.24) is 0 Å². The second kappa shape index (κ2) is 5.43. The Labute approximate surface area is 123 Å². The van der Waals surface area contributed by atoms with Crippen LogP contribution in [0.15, 0.2) is 42.5 Å². The van der Waals surface area contributed by atoms with Gasteiger partial charge in [-0.1, -0.05) is 41.9 Å². The molecule has 0 saturated heterocycles. The Kier molecular flexibility index (Phi) is 3.64. The average molecular weight is 291 g/mol. The molecule has 0 bridgehead atoms.